The number of hydrogen-bond donors (Lipinski definition) is 0. The van der Waals surface area contributed by atoms with Crippen molar-refractivity contribution in [2.75, 3.05) is 0 Å². The molecule has 0 aromatic carbocycles. The molecule has 0 saturated heterocycles. The van der Waals surface area contributed by atoms with Gasteiger partial charge in [-0.1, -0.05) is 12.2 Å². The van der Waals surface area contributed by atoms with Gasteiger partial charge in [-0.2, -0.15) is 0 Å². The van der Waals surface area contributed by atoms with E-state index in [0.29, 0.717) is 11.8 Å². The maximum atomic E-state index is 12.1. The molecule has 0 aromatic rings. The number of carbonyl (C=O) groups is 2. The maximum Gasteiger partial charge on any atom is 0.150 e. The lowest BCUT2D eigenvalue weighted by molar-refractivity contribution is -0.134. The van der Waals surface area contributed by atoms with E-state index in [2.05, 4.69) is 12.2 Å². The van der Waals surface area contributed by atoms with Crippen molar-refractivity contribution < 1.29 is 9.59 Å². The Morgan fingerprint density at radius 1 is 1.07 bits per heavy atom. The third-order valence-electron chi connectivity index (χ3n) is 4.30. The van der Waals surface area contributed by atoms with E-state index in [1.54, 1.807) is 13.8 Å². The summed E-state index contributed by atoms with van der Waals surface area (Å²) in [7, 11) is 0. The Morgan fingerprint density at radius 2 is 1.50 bits per heavy atom. The highest BCUT2D eigenvalue weighted by molar-refractivity contribution is 6.15. The molecule has 2 bridgehead atoms. The summed E-state index contributed by atoms with van der Waals surface area (Å²) in [6.45, 7) is 3.57. The Labute approximate surface area is 83.4 Å². The van der Waals surface area contributed by atoms with Gasteiger partial charge in [-0.25, -0.2) is 0 Å². The molecule has 14 heavy (non-hydrogen) atoms. The average Bonchev–Trinajstić information content (AvgIpc) is 2.76. The van der Waals surface area contributed by atoms with Crippen LogP contribution in [-0.2, 0) is 9.59 Å². The first-order chi connectivity index (χ1) is 6.53. The minimum Gasteiger partial charge on any atom is -0.298 e. The zero-order valence-electron chi connectivity index (χ0n) is 8.49. The monoisotopic (exact) mass is 190 g/mol. The standard InChI is InChI=1S/C12H14O2/c1-12(2)10(13)8-6-3-4-7(5-6)9(8)11(12)14/h3-4,6-9H,5H2,1-2H3. The van der Waals surface area contributed by atoms with Gasteiger partial charge >= 0.3 is 0 Å². The number of rotatable bonds is 0. The Hall–Kier alpha value is -0.920. The van der Waals surface area contributed by atoms with Crippen LogP contribution >= 0.6 is 0 Å². The lowest BCUT2D eigenvalue weighted by Gasteiger charge is -2.16. The number of ketones is 2. The number of allylic oxidation sites excluding steroid dienone is 2. The minimum absolute atomic E-state index is 0.0208. The van der Waals surface area contributed by atoms with Gasteiger partial charge in [0.2, 0.25) is 0 Å². The maximum absolute atomic E-state index is 12.1. The number of Topliss-reactive ketones (excluding diaryl/α,β-unsaturated/α-hetero) is 2. The zero-order chi connectivity index (χ0) is 10.1. The second-order valence-electron chi connectivity index (χ2n) is 5.35. The van der Waals surface area contributed by atoms with E-state index in [1.165, 1.54) is 0 Å². The van der Waals surface area contributed by atoms with Gasteiger partial charge in [-0.15, -0.1) is 0 Å². The van der Waals surface area contributed by atoms with E-state index in [9.17, 15) is 9.59 Å². The van der Waals surface area contributed by atoms with Gasteiger partial charge in [-0.3, -0.25) is 9.59 Å². The summed E-state index contributed by atoms with van der Waals surface area (Å²) < 4.78 is 0. The van der Waals surface area contributed by atoms with Crippen LogP contribution in [0, 0.1) is 29.1 Å². The normalized spacial score (nSPS) is 47.6. The molecule has 0 aliphatic heterocycles. The van der Waals surface area contributed by atoms with Crippen molar-refractivity contribution in [3.63, 3.8) is 0 Å². The topological polar surface area (TPSA) is 34.1 Å². The molecule has 0 N–H and O–H groups in total. The van der Waals surface area contributed by atoms with Gasteiger partial charge in [0.15, 0.2) is 0 Å². The van der Waals surface area contributed by atoms with Crippen LogP contribution in [0.1, 0.15) is 20.3 Å². The van der Waals surface area contributed by atoms with Gasteiger partial charge in [0, 0.05) is 11.8 Å². The van der Waals surface area contributed by atoms with Crippen molar-refractivity contribution in [1.82, 2.24) is 0 Å². The first-order valence-electron chi connectivity index (χ1n) is 5.30. The second kappa shape index (κ2) is 2.18. The summed E-state index contributed by atoms with van der Waals surface area (Å²) >= 11 is 0. The van der Waals surface area contributed by atoms with Crippen LogP contribution in [0.2, 0.25) is 0 Å². The summed E-state index contributed by atoms with van der Waals surface area (Å²) in [6.07, 6.45) is 5.31. The van der Waals surface area contributed by atoms with E-state index in [0.717, 1.165) is 6.42 Å². The van der Waals surface area contributed by atoms with Crippen molar-refractivity contribution in [2.45, 2.75) is 20.3 Å². The molecule has 3 aliphatic carbocycles. The van der Waals surface area contributed by atoms with E-state index in [1.807, 2.05) is 0 Å². The van der Waals surface area contributed by atoms with Gasteiger partial charge in [0.1, 0.15) is 11.6 Å². The molecular formula is C12H14O2. The van der Waals surface area contributed by atoms with Crippen LogP contribution in [0.5, 0.6) is 0 Å². The van der Waals surface area contributed by atoms with Crippen molar-refractivity contribution in [1.29, 1.82) is 0 Å². The number of hydrogen-bond acceptors (Lipinski definition) is 2. The third kappa shape index (κ3) is 0.701. The van der Waals surface area contributed by atoms with Gasteiger partial charge in [0.25, 0.3) is 0 Å². The predicted molar refractivity (Wildman–Crippen MR) is 51.5 cm³/mol. The van der Waals surface area contributed by atoms with Crippen LogP contribution < -0.4 is 0 Å². The Balaban J connectivity index is 2.11. The lowest BCUT2D eigenvalue weighted by Crippen LogP contribution is -2.29. The minimum atomic E-state index is -0.710. The third-order valence-corrected chi connectivity index (χ3v) is 4.30. The fraction of sp³-hybridized carbons (Fsp3) is 0.667. The first kappa shape index (κ1) is 8.39. The van der Waals surface area contributed by atoms with Crippen molar-refractivity contribution >= 4 is 11.6 Å². The Bertz CT molecular complexity index is 333. The Kier molecular flexibility index (Phi) is 1.31. The number of fused-ring (bicyclic) bond motifs is 5. The highest BCUT2D eigenvalue weighted by Crippen LogP contribution is 2.56. The van der Waals surface area contributed by atoms with E-state index < -0.39 is 5.41 Å². The molecule has 0 radical (unpaired) electrons. The summed E-state index contributed by atoms with van der Waals surface area (Å²) in [5.41, 5.74) is -0.710. The molecule has 4 unspecified atom stereocenters. The second-order valence-corrected chi connectivity index (χ2v) is 5.35. The van der Waals surface area contributed by atoms with Crippen molar-refractivity contribution in [2.24, 2.45) is 29.1 Å². The molecule has 74 valence electrons. The Morgan fingerprint density at radius 3 is 1.93 bits per heavy atom. The van der Waals surface area contributed by atoms with Crippen molar-refractivity contribution in [3.8, 4) is 0 Å². The first-order valence-corrected chi connectivity index (χ1v) is 5.30. The van der Waals surface area contributed by atoms with Gasteiger partial charge in [0.05, 0.1) is 5.41 Å². The molecule has 2 fully saturated rings. The molecule has 2 nitrogen and oxygen atoms in total. The smallest absolute Gasteiger partial charge is 0.150 e. The van der Waals surface area contributed by atoms with E-state index in [-0.39, 0.29) is 23.4 Å². The highest BCUT2D eigenvalue weighted by Gasteiger charge is 2.62. The largest absolute Gasteiger partial charge is 0.298 e. The van der Waals surface area contributed by atoms with Gasteiger partial charge < -0.3 is 0 Å². The quantitative estimate of drug-likeness (QED) is 0.429. The molecule has 4 atom stereocenters. The van der Waals surface area contributed by atoms with Crippen LogP contribution in [-0.4, -0.2) is 11.6 Å². The fourth-order valence-electron chi connectivity index (χ4n) is 3.49. The predicted octanol–water partition coefficient (Wildman–Crippen LogP) is 1.60. The molecule has 3 aliphatic rings. The molecule has 0 heterocycles. The summed E-state index contributed by atoms with van der Waals surface area (Å²) in [4.78, 5) is 24.1. The van der Waals surface area contributed by atoms with Crippen LogP contribution in [0.25, 0.3) is 0 Å². The van der Waals surface area contributed by atoms with Crippen molar-refractivity contribution in [3.05, 3.63) is 12.2 Å². The van der Waals surface area contributed by atoms with E-state index >= 15 is 0 Å². The fourth-order valence-corrected chi connectivity index (χ4v) is 3.49. The highest BCUT2D eigenvalue weighted by atomic mass is 16.2. The van der Waals surface area contributed by atoms with Crippen LogP contribution in [0.15, 0.2) is 12.2 Å². The summed E-state index contributed by atoms with van der Waals surface area (Å²) in [6, 6.07) is 0. The van der Waals surface area contributed by atoms with Gasteiger partial charge in [-0.05, 0) is 32.1 Å². The molecule has 2 saturated carbocycles. The molecule has 0 spiro atoms. The molecule has 0 amide bonds. The zero-order valence-corrected chi connectivity index (χ0v) is 8.49. The summed E-state index contributed by atoms with van der Waals surface area (Å²) in [5.74, 6) is 1.14. The molecule has 2 heteroatoms. The lowest BCUT2D eigenvalue weighted by atomic mass is 9.84. The average molecular weight is 190 g/mol. The SMILES string of the molecule is CC1(C)C(=O)C2C3C=CC(C3)C2C1=O. The molecule has 0 aromatic heterocycles. The molecular weight excluding hydrogens is 176 g/mol. The molecule has 3 rings (SSSR count). The summed E-state index contributed by atoms with van der Waals surface area (Å²) in [5, 5.41) is 0. The van der Waals surface area contributed by atoms with Crippen LogP contribution in [0.3, 0.4) is 0 Å². The van der Waals surface area contributed by atoms with Crippen LogP contribution in [0.4, 0.5) is 0 Å². The van der Waals surface area contributed by atoms with E-state index in [4.69, 9.17) is 0 Å². The number of carbonyl (C=O) groups excluding carboxylic acids is 2.